The van der Waals surface area contributed by atoms with Crippen LogP contribution in [-0.4, -0.2) is 30.8 Å². The number of hydrogen-bond donors (Lipinski definition) is 0. The molecule has 1 fully saturated rings. The second kappa shape index (κ2) is 6.71. The molecule has 3 rings (SSSR count). The molecule has 1 aliphatic rings. The van der Waals surface area contributed by atoms with Crippen molar-refractivity contribution in [3.05, 3.63) is 65.0 Å². The first kappa shape index (κ1) is 16.6. The molecule has 1 atom stereocenters. The minimum absolute atomic E-state index is 0.0303. The van der Waals surface area contributed by atoms with Crippen LogP contribution in [0, 0.1) is 18.3 Å². The Hall–Kier alpha value is -2.23. The molecular formula is C18H19N3O2S. The Balaban J connectivity index is 1.72. The summed E-state index contributed by atoms with van der Waals surface area (Å²) >= 11 is 0. The van der Waals surface area contributed by atoms with Gasteiger partial charge < -0.3 is 0 Å². The number of aryl methyl sites for hydroxylation is 1. The molecule has 1 aliphatic heterocycles. The molecule has 5 nitrogen and oxygen atoms in total. The summed E-state index contributed by atoms with van der Waals surface area (Å²) < 4.78 is 26.9. The van der Waals surface area contributed by atoms with Gasteiger partial charge in [-0.1, -0.05) is 12.1 Å². The molecule has 124 valence electrons. The van der Waals surface area contributed by atoms with Crippen molar-refractivity contribution in [1.29, 1.82) is 5.26 Å². The molecule has 1 saturated heterocycles. The van der Waals surface area contributed by atoms with E-state index in [1.807, 2.05) is 25.3 Å². The van der Waals surface area contributed by atoms with Gasteiger partial charge in [0.2, 0.25) is 10.0 Å². The van der Waals surface area contributed by atoms with Gasteiger partial charge in [0.15, 0.2) is 0 Å². The second-order valence-corrected chi connectivity index (χ2v) is 8.11. The molecule has 0 aliphatic carbocycles. The van der Waals surface area contributed by atoms with Crippen LogP contribution in [0.1, 0.15) is 34.6 Å². The van der Waals surface area contributed by atoms with Crippen molar-refractivity contribution in [1.82, 2.24) is 9.29 Å². The topological polar surface area (TPSA) is 74.1 Å². The predicted octanol–water partition coefficient (Wildman–Crippen LogP) is 2.58. The van der Waals surface area contributed by atoms with Crippen molar-refractivity contribution < 1.29 is 8.42 Å². The summed E-state index contributed by atoms with van der Waals surface area (Å²) in [7, 11) is -3.36. The zero-order chi connectivity index (χ0) is 17.2. The van der Waals surface area contributed by atoms with Gasteiger partial charge in [-0.3, -0.25) is 4.98 Å². The zero-order valence-electron chi connectivity index (χ0n) is 13.5. The summed E-state index contributed by atoms with van der Waals surface area (Å²) in [5.41, 5.74) is 3.52. The first-order chi connectivity index (χ1) is 11.5. The van der Waals surface area contributed by atoms with E-state index in [-0.39, 0.29) is 11.7 Å². The minimum atomic E-state index is -3.36. The number of pyridine rings is 1. The minimum Gasteiger partial charge on any atom is -0.264 e. The molecule has 2 heterocycles. The Morgan fingerprint density at radius 3 is 2.71 bits per heavy atom. The lowest BCUT2D eigenvalue weighted by Gasteiger charge is -2.17. The monoisotopic (exact) mass is 341 g/mol. The fourth-order valence-electron chi connectivity index (χ4n) is 3.12. The maximum absolute atomic E-state index is 12.7. The molecule has 0 spiro atoms. The van der Waals surface area contributed by atoms with E-state index in [1.165, 1.54) is 0 Å². The molecule has 6 heteroatoms. The number of nitrogens with zero attached hydrogens (tertiary/aromatic N) is 3. The molecule has 24 heavy (non-hydrogen) atoms. The van der Waals surface area contributed by atoms with E-state index in [0.717, 1.165) is 17.5 Å². The molecule has 0 bridgehead atoms. The summed E-state index contributed by atoms with van der Waals surface area (Å²) in [5.74, 6) is 0.173. The van der Waals surface area contributed by atoms with Crippen LogP contribution in [0.2, 0.25) is 0 Å². The van der Waals surface area contributed by atoms with E-state index in [4.69, 9.17) is 5.26 Å². The first-order valence-electron chi connectivity index (χ1n) is 7.87. The molecule has 1 aromatic heterocycles. The van der Waals surface area contributed by atoms with Crippen LogP contribution in [0.3, 0.4) is 0 Å². The van der Waals surface area contributed by atoms with Crippen molar-refractivity contribution in [3.63, 3.8) is 0 Å². The second-order valence-electron chi connectivity index (χ2n) is 6.14. The lowest BCUT2D eigenvalue weighted by molar-refractivity contribution is 0.472. The fraction of sp³-hybridized carbons (Fsp3) is 0.333. The van der Waals surface area contributed by atoms with Crippen molar-refractivity contribution >= 4 is 10.0 Å². The summed E-state index contributed by atoms with van der Waals surface area (Å²) in [5, 5.41) is 8.81. The number of nitriles is 1. The zero-order valence-corrected chi connectivity index (χ0v) is 14.3. The van der Waals surface area contributed by atoms with Gasteiger partial charge >= 0.3 is 0 Å². The lowest BCUT2D eigenvalue weighted by Crippen LogP contribution is -2.29. The third-order valence-electron chi connectivity index (χ3n) is 4.50. The van der Waals surface area contributed by atoms with Crippen LogP contribution in [0.15, 0.2) is 42.7 Å². The highest BCUT2D eigenvalue weighted by Crippen LogP contribution is 2.31. The molecule has 1 aromatic carbocycles. The average molecular weight is 341 g/mol. The van der Waals surface area contributed by atoms with E-state index >= 15 is 0 Å². The molecule has 0 unspecified atom stereocenters. The van der Waals surface area contributed by atoms with E-state index < -0.39 is 10.0 Å². The van der Waals surface area contributed by atoms with Crippen LogP contribution in [-0.2, 0) is 15.8 Å². The fourth-order valence-corrected chi connectivity index (χ4v) is 4.70. The smallest absolute Gasteiger partial charge is 0.218 e. The van der Waals surface area contributed by atoms with Crippen LogP contribution >= 0.6 is 0 Å². The average Bonchev–Trinajstić information content (AvgIpc) is 3.06. The van der Waals surface area contributed by atoms with Gasteiger partial charge in [0.05, 0.1) is 17.4 Å². The molecule has 0 amide bonds. The van der Waals surface area contributed by atoms with Gasteiger partial charge in [0.1, 0.15) is 0 Å². The quantitative estimate of drug-likeness (QED) is 0.857. The maximum Gasteiger partial charge on any atom is 0.218 e. The highest BCUT2D eigenvalue weighted by Gasteiger charge is 2.32. The van der Waals surface area contributed by atoms with Crippen LogP contribution in [0.4, 0.5) is 0 Å². The van der Waals surface area contributed by atoms with Crippen molar-refractivity contribution in [2.24, 2.45) is 0 Å². The Labute approximate surface area is 142 Å². The first-order valence-corrected chi connectivity index (χ1v) is 9.48. The summed E-state index contributed by atoms with van der Waals surface area (Å²) in [6, 6.07) is 10.7. The summed E-state index contributed by atoms with van der Waals surface area (Å²) in [4.78, 5) is 4.17. The van der Waals surface area contributed by atoms with Crippen LogP contribution in [0.5, 0.6) is 0 Å². The third-order valence-corrected chi connectivity index (χ3v) is 6.31. The van der Waals surface area contributed by atoms with Gasteiger partial charge in [0.25, 0.3) is 0 Å². The lowest BCUT2D eigenvalue weighted by atomic mass is 9.96. The SMILES string of the molecule is Cc1ccncc1[C@@H]1CCN(S(=O)(=O)Cc2ccc(C#N)cc2)C1. The molecule has 2 aromatic rings. The van der Waals surface area contributed by atoms with E-state index in [0.29, 0.717) is 24.2 Å². The largest absolute Gasteiger partial charge is 0.264 e. The van der Waals surface area contributed by atoms with E-state index in [2.05, 4.69) is 4.98 Å². The molecular weight excluding hydrogens is 322 g/mol. The Morgan fingerprint density at radius 2 is 2.04 bits per heavy atom. The van der Waals surface area contributed by atoms with Gasteiger partial charge in [-0.15, -0.1) is 0 Å². The van der Waals surface area contributed by atoms with Crippen LogP contribution in [0.25, 0.3) is 0 Å². The maximum atomic E-state index is 12.7. The Kier molecular flexibility index (Phi) is 4.65. The van der Waals surface area contributed by atoms with Gasteiger partial charge in [-0.05, 0) is 48.2 Å². The number of sulfonamides is 1. The van der Waals surface area contributed by atoms with E-state index in [1.54, 1.807) is 34.8 Å². The van der Waals surface area contributed by atoms with E-state index in [9.17, 15) is 8.42 Å². The Bertz CT molecular complexity index is 870. The molecule has 0 radical (unpaired) electrons. The van der Waals surface area contributed by atoms with Crippen molar-refractivity contribution in [2.75, 3.05) is 13.1 Å². The van der Waals surface area contributed by atoms with Gasteiger partial charge in [-0.25, -0.2) is 12.7 Å². The van der Waals surface area contributed by atoms with Crippen LogP contribution < -0.4 is 0 Å². The van der Waals surface area contributed by atoms with Gasteiger partial charge in [0, 0.05) is 31.4 Å². The standard InChI is InChI=1S/C18H19N3O2S/c1-14-6-8-20-11-18(14)17-7-9-21(12-17)24(22,23)13-16-4-2-15(10-19)3-5-16/h2-6,8,11,17H,7,9,12-13H2,1H3/t17-/m1/s1. The number of aromatic nitrogens is 1. The number of hydrogen-bond acceptors (Lipinski definition) is 4. The highest BCUT2D eigenvalue weighted by molar-refractivity contribution is 7.88. The normalized spacial score (nSPS) is 18.4. The number of benzene rings is 1. The molecule has 0 saturated carbocycles. The summed E-state index contributed by atoms with van der Waals surface area (Å²) in [6.07, 6.45) is 4.42. The predicted molar refractivity (Wildman–Crippen MR) is 91.7 cm³/mol. The highest BCUT2D eigenvalue weighted by atomic mass is 32.2. The van der Waals surface area contributed by atoms with Crippen molar-refractivity contribution in [3.8, 4) is 6.07 Å². The Morgan fingerprint density at radius 1 is 1.29 bits per heavy atom. The third kappa shape index (κ3) is 3.48. The van der Waals surface area contributed by atoms with Crippen molar-refractivity contribution in [2.45, 2.75) is 25.0 Å². The summed E-state index contributed by atoms with van der Waals surface area (Å²) in [6.45, 7) is 3.08. The van der Waals surface area contributed by atoms with Gasteiger partial charge in [-0.2, -0.15) is 5.26 Å². The molecule has 0 N–H and O–H groups in total. The number of rotatable bonds is 4.